The van der Waals surface area contributed by atoms with Crippen LogP contribution in [-0.4, -0.2) is 50.9 Å². The lowest BCUT2D eigenvalue weighted by atomic mass is 9.95. The van der Waals surface area contributed by atoms with Crippen LogP contribution in [-0.2, 0) is 26.2 Å². The van der Waals surface area contributed by atoms with Crippen molar-refractivity contribution in [3.63, 3.8) is 0 Å². The topological polar surface area (TPSA) is 96.0 Å². The zero-order chi connectivity index (χ0) is 30.1. The molecule has 0 aliphatic heterocycles. The van der Waals surface area contributed by atoms with Crippen LogP contribution in [0.3, 0.4) is 0 Å². The summed E-state index contributed by atoms with van der Waals surface area (Å²) in [5.41, 5.74) is 2.02. The van der Waals surface area contributed by atoms with E-state index in [0.717, 1.165) is 47.5 Å². The van der Waals surface area contributed by atoms with Gasteiger partial charge in [-0.3, -0.25) is 13.9 Å². The molecule has 0 unspecified atom stereocenters. The van der Waals surface area contributed by atoms with E-state index in [1.165, 1.54) is 17.0 Å². The van der Waals surface area contributed by atoms with Gasteiger partial charge < -0.3 is 15.0 Å². The molecule has 8 nitrogen and oxygen atoms in total. The molecular formula is C33H41N3O5S. The molecule has 0 aromatic heterocycles. The number of hydrogen-bond donors (Lipinski definition) is 1. The number of nitrogens with one attached hydrogen (secondary N) is 1. The Balaban J connectivity index is 1.71. The molecule has 1 saturated carbocycles. The highest BCUT2D eigenvalue weighted by Gasteiger charge is 2.34. The van der Waals surface area contributed by atoms with Gasteiger partial charge >= 0.3 is 0 Å². The molecule has 0 radical (unpaired) electrons. The van der Waals surface area contributed by atoms with Crippen molar-refractivity contribution in [1.29, 1.82) is 0 Å². The van der Waals surface area contributed by atoms with E-state index >= 15 is 0 Å². The van der Waals surface area contributed by atoms with Crippen LogP contribution in [0.1, 0.15) is 56.6 Å². The highest BCUT2D eigenvalue weighted by molar-refractivity contribution is 7.92. The van der Waals surface area contributed by atoms with E-state index in [0.29, 0.717) is 17.9 Å². The summed E-state index contributed by atoms with van der Waals surface area (Å²) in [6, 6.07) is 21.8. The molecular weight excluding hydrogens is 550 g/mol. The number of hydrogen-bond acceptors (Lipinski definition) is 5. The summed E-state index contributed by atoms with van der Waals surface area (Å²) in [4.78, 5) is 29.5. The highest BCUT2D eigenvalue weighted by atomic mass is 32.2. The van der Waals surface area contributed by atoms with Gasteiger partial charge in [-0.25, -0.2) is 8.42 Å². The zero-order valence-electron chi connectivity index (χ0n) is 24.7. The third kappa shape index (κ3) is 7.70. The maximum Gasteiger partial charge on any atom is 0.264 e. The molecule has 0 bridgehead atoms. The zero-order valence-corrected chi connectivity index (χ0v) is 25.5. The molecule has 0 spiro atoms. The quantitative estimate of drug-likeness (QED) is 0.302. The molecule has 1 aliphatic rings. The third-order valence-corrected chi connectivity index (χ3v) is 9.51. The predicted molar refractivity (Wildman–Crippen MR) is 165 cm³/mol. The van der Waals surface area contributed by atoms with Gasteiger partial charge in [0.15, 0.2) is 0 Å². The molecule has 42 heavy (non-hydrogen) atoms. The van der Waals surface area contributed by atoms with E-state index in [2.05, 4.69) is 5.32 Å². The Bertz CT molecular complexity index is 1460. The van der Waals surface area contributed by atoms with Gasteiger partial charge in [-0.1, -0.05) is 68.7 Å². The maximum atomic E-state index is 14.3. The second kappa shape index (κ2) is 14.4. The van der Waals surface area contributed by atoms with E-state index in [9.17, 15) is 18.0 Å². The number of rotatable bonds is 12. The summed E-state index contributed by atoms with van der Waals surface area (Å²) >= 11 is 0. The van der Waals surface area contributed by atoms with Crippen molar-refractivity contribution >= 4 is 27.5 Å². The summed E-state index contributed by atoms with van der Waals surface area (Å²) in [6.07, 6.45) is 5.51. The number of anilines is 1. The van der Waals surface area contributed by atoms with Gasteiger partial charge in [0.05, 0.1) is 17.7 Å². The molecule has 224 valence electrons. The minimum atomic E-state index is -4.09. The number of nitrogens with zero attached hydrogens (tertiary/aromatic N) is 2. The average Bonchev–Trinajstić information content (AvgIpc) is 3.00. The van der Waals surface area contributed by atoms with Crippen molar-refractivity contribution in [2.45, 2.75) is 75.9 Å². The fourth-order valence-corrected chi connectivity index (χ4v) is 6.89. The summed E-state index contributed by atoms with van der Waals surface area (Å²) in [7, 11) is -2.52. The molecule has 2 amide bonds. The first kappa shape index (κ1) is 31.1. The van der Waals surface area contributed by atoms with Crippen molar-refractivity contribution in [1.82, 2.24) is 10.2 Å². The molecule has 0 saturated heterocycles. The number of carbonyl (C=O) groups is 2. The van der Waals surface area contributed by atoms with Crippen LogP contribution in [0.2, 0.25) is 0 Å². The van der Waals surface area contributed by atoms with Crippen LogP contribution in [0, 0.1) is 6.92 Å². The second-order valence-electron chi connectivity index (χ2n) is 10.8. The van der Waals surface area contributed by atoms with Crippen LogP contribution in [0.4, 0.5) is 5.69 Å². The van der Waals surface area contributed by atoms with Crippen molar-refractivity contribution in [2.24, 2.45) is 0 Å². The molecule has 9 heteroatoms. The Morgan fingerprint density at radius 3 is 2.33 bits per heavy atom. The maximum absolute atomic E-state index is 14.3. The number of amides is 2. The van der Waals surface area contributed by atoms with Gasteiger partial charge in [0.2, 0.25) is 11.8 Å². The monoisotopic (exact) mass is 591 g/mol. The van der Waals surface area contributed by atoms with Crippen LogP contribution < -0.4 is 14.4 Å². The lowest BCUT2D eigenvalue weighted by molar-refractivity contribution is -0.140. The number of methoxy groups -OCH3 is 1. The predicted octanol–water partition coefficient (Wildman–Crippen LogP) is 5.46. The molecule has 1 aliphatic carbocycles. The fraction of sp³-hybridized carbons (Fsp3) is 0.394. The van der Waals surface area contributed by atoms with E-state index in [1.807, 2.05) is 44.2 Å². The van der Waals surface area contributed by atoms with E-state index in [1.54, 1.807) is 43.5 Å². The van der Waals surface area contributed by atoms with Crippen LogP contribution in [0.25, 0.3) is 0 Å². The third-order valence-electron chi connectivity index (χ3n) is 7.72. The summed E-state index contributed by atoms with van der Waals surface area (Å²) in [6.45, 7) is 3.41. The number of sulfonamides is 1. The number of ether oxygens (including phenoxy) is 1. The Labute approximate surface area is 249 Å². The van der Waals surface area contributed by atoms with Gasteiger partial charge in [-0.2, -0.15) is 0 Å². The van der Waals surface area contributed by atoms with Crippen molar-refractivity contribution in [3.8, 4) is 5.75 Å². The van der Waals surface area contributed by atoms with Gasteiger partial charge in [-0.15, -0.1) is 0 Å². The normalized spacial score (nSPS) is 14.5. The first-order chi connectivity index (χ1) is 20.2. The van der Waals surface area contributed by atoms with Crippen LogP contribution >= 0.6 is 0 Å². The molecule has 4 rings (SSSR count). The average molecular weight is 592 g/mol. The SMILES string of the molecule is CC[C@@H](C(=O)NC1CCCCC1)N(Cc1cccc(OC)c1)C(=O)CN(c1cccc(C)c1)S(=O)(=O)c1ccccc1. The molecule has 1 N–H and O–H groups in total. The Hall–Kier alpha value is -3.85. The Morgan fingerprint density at radius 1 is 0.952 bits per heavy atom. The number of aryl methyl sites for hydroxylation is 1. The van der Waals surface area contributed by atoms with Crippen LogP contribution in [0.5, 0.6) is 5.75 Å². The number of benzene rings is 3. The van der Waals surface area contributed by atoms with E-state index in [4.69, 9.17) is 4.74 Å². The van der Waals surface area contributed by atoms with Crippen molar-refractivity contribution < 1.29 is 22.7 Å². The number of carbonyl (C=O) groups excluding carboxylic acids is 2. The lowest BCUT2D eigenvalue weighted by Crippen LogP contribution is -2.54. The van der Waals surface area contributed by atoms with E-state index < -0.39 is 28.5 Å². The summed E-state index contributed by atoms with van der Waals surface area (Å²) in [5, 5.41) is 3.17. The standard InChI is InChI=1S/C33H41N3O5S/c1-4-31(33(38)34-27-15-7-5-8-16-27)35(23-26-14-12-18-29(22-26)41-3)32(37)24-36(28-17-11-13-25(2)21-28)42(39,40)30-19-9-6-10-20-30/h6,9-14,17-22,27,31H,4-5,7-8,15-16,23-24H2,1-3H3,(H,34,38)/t31-/m0/s1. The lowest BCUT2D eigenvalue weighted by Gasteiger charge is -2.34. The minimum absolute atomic E-state index is 0.0799. The minimum Gasteiger partial charge on any atom is -0.497 e. The summed E-state index contributed by atoms with van der Waals surface area (Å²) in [5.74, 6) is -0.0502. The highest BCUT2D eigenvalue weighted by Crippen LogP contribution is 2.26. The van der Waals surface area contributed by atoms with Gasteiger partial charge in [0.25, 0.3) is 10.0 Å². The molecule has 3 aromatic rings. The second-order valence-corrected chi connectivity index (χ2v) is 12.7. The molecule has 3 aromatic carbocycles. The fourth-order valence-electron chi connectivity index (χ4n) is 5.46. The van der Waals surface area contributed by atoms with Gasteiger partial charge in [0, 0.05) is 12.6 Å². The van der Waals surface area contributed by atoms with Crippen molar-refractivity contribution in [3.05, 3.63) is 90.0 Å². The Morgan fingerprint density at radius 2 is 1.67 bits per heavy atom. The smallest absolute Gasteiger partial charge is 0.264 e. The first-order valence-corrected chi connectivity index (χ1v) is 16.0. The first-order valence-electron chi connectivity index (χ1n) is 14.6. The van der Waals surface area contributed by atoms with E-state index in [-0.39, 0.29) is 23.4 Å². The molecule has 0 heterocycles. The van der Waals surface area contributed by atoms with Gasteiger partial charge in [-0.05, 0) is 73.7 Å². The summed E-state index contributed by atoms with van der Waals surface area (Å²) < 4.78 is 34.4. The molecule has 1 fully saturated rings. The molecule has 1 atom stereocenters. The van der Waals surface area contributed by atoms with Gasteiger partial charge in [0.1, 0.15) is 18.3 Å². The Kier molecular flexibility index (Phi) is 10.6. The largest absolute Gasteiger partial charge is 0.497 e. The van der Waals surface area contributed by atoms with Crippen LogP contribution in [0.15, 0.2) is 83.8 Å². The van der Waals surface area contributed by atoms with Crippen molar-refractivity contribution in [2.75, 3.05) is 18.0 Å².